The molecule has 1 aliphatic rings. The molecule has 0 radical (unpaired) electrons. The quantitative estimate of drug-likeness (QED) is 0.0982. The van der Waals surface area contributed by atoms with Gasteiger partial charge in [0.1, 0.15) is 5.71 Å². The molecule has 0 amide bonds. The van der Waals surface area contributed by atoms with E-state index in [1.807, 2.05) is 24.3 Å². The number of aromatic nitrogens is 1. The molecule has 1 saturated carbocycles. The van der Waals surface area contributed by atoms with Crippen molar-refractivity contribution in [1.29, 1.82) is 0 Å². The van der Waals surface area contributed by atoms with Crippen LogP contribution in [0.2, 0.25) is 0 Å². The molecule has 3 aromatic rings. The fraction of sp³-hybridized carbons (Fsp3) is 0.452. The second kappa shape index (κ2) is 12.4. The van der Waals surface area contributed by atoms with Gasteiger partial charge in [0.25, 0.3) is 0 Å². The van der Waals surface area contributed by atoms with Gasteiger partial charge in [0, 0.05) is 58.7 Å². The highest BCUT2D eigenvalue weighted by atomic mass is 16.7. The van der Waals surface area contributed by atoms with E-state index in [4.69, 9.17) is 9.57 Å². The summed E-state index contributed by atoms with van der Waals surface area (Å²) in [7, 11) is 0. The van der Waals surface area contributed by atoms with E-state index in [-0.39, 0.29) is 36.4 Å². The Hall–Kier alpha value is -3.81. The highest BCUT2D eigenvalue weighted by Gasteiger charge is 2.24. The minimum Gasteiger partial charge on any atom is -0.463 e. The van der Waals surface area contributed by atoms with Crippen LogP contribution < -0.4 is 0 Å². The van der Waals surface area contributed by atoms with Gasteiger partial charge in [-0.25, -0.2) is 4.79 Å². The number of rotatable bonds is 10. The first kappa shape index (κ1) is 28.2. The van der Waals surface area contributed by atoms with Crippen molar-refractivity contribution < 1.29 is 28.8 Å². The van der Waals surface area contributed by atoms with Crippen molar-refractivity contribution in [2.75, 3.05) is 0 Å². The van der Waals surface area contributed by atoms with Gasteiger partial charge in [-0.1, -0.05) is 24.4 Å². The van der Waals surface area contributed by atoms with E-state index in [2.05, 4.69) is 16.6 Å². The standard InChI is InChI=1S/C31H36N2O6/c1-5-33-27-14-11-22(30(36)21-9-7-6-8-10-21)17-24(27)25-18-23(12-15-28(25)33)31(37)26(32-39-20(4)34)13-16-29(35)38-19(2)3/h11-12,14-15,17-19,21H,5-10,13,16H2,1-4H3. The van der Waals surface area contributed by atoms with Gasteiger partial charge in [0.15, 0.2) is 5.78 Å². The SMILES string of the molecule is CCn1c2ccc(C(=O)C(CCC(=O)OC(C)C)=NOC(C)=O)cc2c2cc(C(=O)C3CCCCC3)ccc21. The Morgan fingerprint density at radius 1 is 0.923 bits per heavy atom. The molecule has 4 rings (SSSR count). The lowest BCUT2D eigenvalue weighted by molar-refractivity contribution is -0.147. The number of carbonyl (C=O) groups is 4. The molecule has 0 aliphatic heterocycles. The minimum absolute atomic E-state index is 0.0353. The Kier molecular flexibility index (Phi) is 8.94. The first-order chi connectivity index (χ1) is 18.7. The molecule has 8 nitrogen and oxygen atoms in total. The summed E-state index contributed by atoms with van der Waals surface area (Å²) in [5.41, 5.74) is 2.94. The van der Waals surface area contributed by atoms with Crippen LogP contribution in [0.4, 0.5) is 0 Å². The molecule has 0 atom stereocenters. The zero-order valence-electron chi connectivity index (χ0n) is 23.1. The predicted octanol–water partition coefficient (Wildman–Crippen LogP) is 6.41. The summed E-state index contributed by atoms with van der Waals surface area (Å²) in [5, 5.41) is 5.52. The van der Waals surface area contributed by atoms with Crippen LogP contribution in [0.15, 0.2) is 41.6 Å². The first-order valence-corrected chi connectivity index (χ1v) is 13.8. The smallest absolute Gasteiger partial charge is 0.331 e. The monoisotopic (exact) mass is 532 g/mol. The summed E-state index contributed by atoms with van der Waals surface area (Å²) in [4.78, 5) is 55.0. The molecule has 0 bridgehead atoms. The fourth-order valence-electron chi connectivity index (χ4n) is 5.37. The van der Waals surface area contributed by atoms with Crippen molar-refractivity contribution in [3.8, 4) is 0 Å². The minimum atomic E-state index is -0.665. The van der Waals surface area contributed by atoms with E-state index in [0.29, 0.717) is 11.1 Å². The van der Waals surface area contributed by atoms with Crippen LogP contribution in [0.3, 0.4) is 0 Å². The normalized spacial score (nSPS) is 14.6. The van der Waals surface area contributed by atoms with E-state index in [1.165, 1.54) is 13.3 Å². The van der Waals surface area contributed by atoms with Gasteiger partial charge >= 0.3 is 11.9 Å². The van der Waals surface area contributed by atoms with Gasteiger partial charge in [0.05, 0.1) is 12.5 Å². The van der Waals surface area contributed by atoms with Crippen molar-refractivity contribution in [2.24, 2.45) is 11.1 Å². The number of Topliss-reactive ketones (excluding diaryl/α,β-unsaturated/α-hetero) is 2. The molecule has 1 heterocycles. The molecule has 2 aromatic carbocycles. The molecule has 1 fully saturated rings. The van der Waals surface area contributed by atoms with Gasteiger partial charge in [0.2, 0.25) is 5.78 Å². The number of esters is 1. The molecule has 39 heavy (non-hydrogen) atoms. The summed E-state index contributed by atoms with van der Waals surface area (Å²) in [5.74, 6) is -1.32. The Morgan fingerprint density at radius 3 is 2.13 bits per heavy atom. The molecular weight excluding hydrogens is 496 g/mol. The fourth-order valence-corrected chi connectivity index (χ4v) is 5.37. The van der Waals surface area contributed by atoms with Crippen LogP contribution in [-0.4, -0.2) is 39.9 Å². The van der Waals surface area contributed by atoms with Crippen LogP contribution in [0.1, 0.15) is 93.4 Å². The average Bonchev–Trinajstić information content (AvgIpc) is 3.24. The molecule has 8 heteroatoms. The lowest BCUT2D eigenvalue weighted by Gasteiger charge is -2.20. The largest absolute Gasteiger partial charge is 0.463 e. The molecule has 0 saturated heterocycles. The number of nitrogens with zero attached hydrogens (tertiary/aromatic N) is 2. The first-order valence-electron chi connectivity index (χ1n) is 13.8. The van der Waals surface area contributed by atoms with Crippen LogP contribution >= 0.6 is 0 Å². The number of oxime groups is 1. The number of fused-ring (bicyclic) bond motifs is 3. The Balaban J connectivity index is 1.71. The third kappa shape index (κ3) is 6.44. The maximum absolute atomic E-state index is 13.5. The molecule has 0 N–H and O–H groups in total. The van der Waals surface area contributed by atoms with Gasteiger partial charge in [-0.15, -0.1) is 0 Å². The number of hydrogen-bond donors (Lipinski definition) is 0. The Bertz CT molecular complexity index is 1440. The zero-order valence-corrected chi connectivity index (χ0v) is 23.1. The average molecular weight is 533 g/mol. The number of carbonyl (C=O) groups excluding carboxylic acids is 4. The lowest BCUT2D eigenvalue weighted by Crippen LogP contribution is -2.19. The van der Waals surface area contributed by atoms with Gasteiger partial charge in [-0.3, -0.25) is 14.4 Å². The van der Waals surface area contributed by atoms with Crippen molar-refractivity contribution in [1.82, 2.24) is 4.57 Å². The van der Waals surface area contributed by atoms with Crippen LogP contribution in [-0.2, 0) is 25.7 Å². The number of ketones is 2. The van der Waals surface area contributed by atoms with Crippen molar-refractivity contribution >= 4 is 51.0 Å². The number of hydrogen-bond acceptors (Lipinski definition) is 7. The zero-order chi connectivity index (χ0) is 28.1. The second-order valence-electron chi connectivity index (χ2n) is 10.4. The van der Waals surface area contributed by atoms with Crippen molar-refractivity contribution in [3.05, 3.63) is 47.5 Å². The maximum atomic E-state index is 13.5. The summed E-state index contributed by atoms with van der Waals surface area (Å²) in [6.07, 6.45) is 4.83. The predicted molar refractivity (Wildman–Crippen MR) is 150 cm³/mol. The van der Waals surface area contributed by atoms with Crippen molar-refractivity contribution in [3.63, 3.8) is 0 Å². The Morgan fingerprint density at radius 2 is 1.54 bits per heavy atom. The third-order valence-electron chi connectivity index (χ3n) is 7.18. The summed E-state index contributed by atoms with van der Waals surface area (Å²) in [6.45, 7) is 7.45. The molecule has 0 spiro atoms. The van der Waals surface area contributed by atoms with E-state index >= 15 is 0 Å². The summed E-state index contributed by atoms with van der Waals surface area (Å²) >= 11 is 0. The number of ether oxygens (including phenoxy) is 1. The van der Waals surface area contributed by atoms with E-state index < -0.39 is 17.7 Å². The summed E-state index contributed by atoms with van der Waals surface area (Å²) < 4.78 is 7.32. The molecule has 1 aromatic heterocycles. The molecular formula is C31H36N2O6. The number of benzene rings is 2. The maximum Gasteiger partial charge on any atom is 0.331 e. The van der Waals surface area contributed by atoms with E-state index in [0.717, 1.165) is 54.0 Å². The lowest BCUT2D eigenvalue weighted by atomic mass is 9.83. The molecule has 206 valence electrons. The van der Waals surface area contributed by atoms with Gasteiger partial charge < -0.3 is 14.1 Å². The van der Waals surface area contributed by atoms with Crippen LogP contribution in [0.5, 0.6) is 0 Å². The highest BCUT2D eigenvalue weighted by Crippen LogP contribution is 2.33. The Labute approximate surface area is 228 Å². The topological polar surface area (TPSA) is 104 Å². The van der Waals surface area contributed by atoms with E-state index in [1.54, 1.807) is 26.0 Å². The van der Waals surface area contributed by atoms with Crippen LogP contribution in [0, 0.1) is 5.92 Å². The summed E-state index contributed by atoms with van der Waals surface area (Å²) in [6, 6.07) is 11.2. The van der Waals surface area contributed by atoms with Crippen LogP contribution in [0.25, 0.3) is 21.8 Å². The van der Waals surface area contributed by atoms with Gasteiger partial charge in [-0.05, 0) is 70.0 Å². The third-order valence-corrected chi connectivity index (χ3v) is 7.18. The van der Waals surface area contributed by atoms with E-state index in [9.17, 15) is 19.2 Å². The van der Waals surface area contributed by atoms with Crippen molar-refractivity contribution in [2.45, 2.75) is 85.3 Å². The second-order valence-corrected chi connectivity index (χ2v) is 10.4. The molecule has 0 unspecified atom stereocenters. The molecule has 1 aliphatic carbocycles. The number of aryl methyl sites for hydroxylation is 1. The van der Waals surface area contributed by atoms with Gasteiger partial charge in [-0.2, -0.15) is 0 Å². The highest BCUT2D eigenvalue weighted by molar-refractivity contribution is 6.46.